The van der Waals surface area contributed by atoms with Gasteiger partial charge in [0.25, 0.3) is 0 Å². The van der Waals surface area contributed by atoms with Crippen LogP contribution < -0.4 is 0 Å². The number of carboxylic acid groups (broad SMARTS) is 1. The molecule has 4 nitrogen and oxygen atoms in total. The molecule has 0 amide bonds. The Labute approximate surface area is 175 Å². The van der Waals surface area contributed by atoms with Gasteiger partial charge in [0.1, 0.15) is 0 Å². The number of rotatable bonds is 4. The zero-order valence-corrected chi connectivity index (χ0v) is 17.5. The molecule has 0 heterocycles. The molecule has 0 aliphatic heterocycles. The van der Waals surface area contributed by atoms with Gasteiger partial charge in [0.15, 0.2) is 0 Å². The van der Waals surface area contributed by atoms with Crippen molar-refractivity contribution < 1.29 is 25.6 Å². The van der Waals surface area contributed by atoms with Crippen molar-refractivity contribution in [3.05, 3.63) is 0 Å². The van der Waals surface area contributed by atoms with Crippen LogP contribution in [0.25, 0.3) is 0 Å². The van der Waals surface area contributed by atoms with E-state index in [1.807, 2.05) is 6.92 Å². The van der Waals surface area contributed by atoms with E-state index in [0.29, 0.717) is 18.3 Å². The molecule has 0 saturated heterocycles. The van der Waals surface area contributed by atoms with Crippen molar-refractivity contribution in [2.24, 2.45) is 46.3 Å². The van der Waals surface area contributed by atoms with Gasteiger partial charge in [0, 0.05) is 11.9 Å². The second-order valence-corrected chi connectivity index (χ2v) is 10.7. The summed E-state index contributed by atoms with van der Waals surface area (Å²) in [5, 5.41) is 31.0. The number of aliphatic hydroxyl groups is 2. The lowest BCUT2D eigenvalue weighted by Crippen LogP contribution is -2.58. The van der Waals surface area contributed by atoms with Crippen molar-refractivity contribution in [1.82, 2.24) is 0 Å². The van der Waals surface area contributed by atoms with E-state index in [2.05, 4.69) is 13.8 Å². The summed E-state index contributed by atoms with van der Waals surface area (Å²) < 4.78 is 34.0. The summed E-state index contributed by atoms with van der Waals surface area (Å²) in [5.41, 5.74) is -0.583. The number of hydrogen-bond donors (Lipinski definition) is 3. The van der Waals surface area contributed by atoms with E-state index in [1.165, 1.54) is 0 Å². The number of carbonyl (C=O) groups is 1. The van der Waals surface area contributed by atoms with Crippen molar-refractivity contribution in [2.75, 3.05) is 0 Å². The molecule has 4 saturated carbocycles. The molecule has 10 atom stereocenters. The summed E-state index contributed by atoms with van der Waals surface area (Å²) in [6.07, 6.45) is -1.38. The summed E-state index contributed by atoms with van der Waals surface area (Å²) >= 11 is 0. The zero-order chi connectivity index (χ0) is 23.9. The highest BCUT2D eigenvalue weighted by Gasteiger charge is 2.62. The predicted molar refractivity (Wildman–Crippen MR) is 109 cm³/mol. The van der Waals surface area contributed by atoms with Gasteiger partial charge < -0.3 is 15.3 Å². The van der Waals surface area contributed by atoms with E-state index in [9.17, 15) is 15.0 Å². The molecule has 4 aliphatic carbocycles. The van der Waals surface area contributed by atoms with Crippen LogP contribution in [0, 0.1) is 46.3 Å². The molecule has 0 bridgehead atoms. The van der Waals surface area contributed by atoms with Gasteiger partial charge in [-0.1, -0.05) is 20.8 Å². The minimum Gasteiger partial charge on any atom is -0.481 e. The summed E-state index contributed by atoms with van der Waals surface area (Å²) in [5.74, 6) is -0.291. The molecule has 0 aromatic carbocycles. The van der Waals surface area contributed by atoms with Crippen LogP contribution in [0.5, 0.6) is 0 Å². The van der Waals surface area contributed by atoms with E-state index in [-0.39, 0.29) is 42.4 Å². The van der Waals surface area contributed by atoms with Crippen LogP contribution in [0.4, 0.5) is 0 Å². The predicted octanol–water partition coefficient (Wildman–Crippen LogP) is 4.48. The Morgan fingerprint density at radius 1 is 1.14 bits per heavy atom. The SMILES string of the molecule is [2H]C1([2H])C[C@@]2(C)[C@H](C[C@H](O)[C@@H]3[C@@H]2CC[C@]2(C)[C@@H]([C@H](C)CCC(=O)O)CC[C@@H]32)C([2H])([2H])[C@H]1O. The van der Waals surface area contributed by atoms with Crippen LogP contribution in [-0.2, 0) is 4.79 Å². The minimum absolute atomic E-state index is 0.00789. The molecule has 4 fully saturated rings. The number of carboxylic acids is 1. The van der Waals surface area contributed by atoms with Gasteiger partial charge in [0.2, 0.25) is 0 Å². The van der Waals surface area contributed by atoms with E-state index in [4.69, 9.17) is 10.6 Å². The molecular formula is C24H40O4. The Balaban J connectivity index is 1.64. The normalized spacial score (nSPS) is 57.4. The van der Waals surface area contributed by atoms with Gasteiger partial charge in [-0.15, -0.1) is 0 Å². The molecule has 4 rings (SSSR count). The Kier molecular flexibility index (Phi) is 4.19. The fraction of sp³-hybridized carbons (Fsp3) is 0.958. The van der Waals surface area contributed by atoms with Crippen LogP contribution >= 0.6 is 0 Å². The van der Waals surface area contributed by atoms with Crippen molar-refractivity contribution in [2.45, 2.75) is 97.1 Å². The first-order chi connectivity index (χ1) is 14.7. The van der Waals surface area contributed by atoms with E-state index < -0.39 is 42.3 Å². The standard InChI is InChI=1S/C24H40O4/c1-14(4-7-21(27)28)17-5-6-18-22-19(9-11-24(17,18)3)23(2)10-8-16(25)12-15(23)13-20(22)26/h14-20,22,25-26H,4-13H2,1-3H3,(H,27,28)/t14-,15+,16+,17-,18+,19+,20+,22+,23+,24-/m1/s1/i8D2,12D2. The zero-order valence-electron chi connectivity index (χ0n) is 21.5. The average molecular weight is 397 g/mol. The van der Waals surface area contributed by atoms with Gasteiger partial charge in [-0.2, -0.15) is 0 Å². The highest BCUT2D eigenvalue weighted by Crippen LogP contribution is 2.68. The van der Waals surface area contributed by atoms with E-state index >= 15 is 0 Å². The lowest BCUT2D eigenvalue weighted by molar-refractivity contribution is -0.174. The van der Waals surface area contributed by atoms with Gasteiger partial charge in [-0.25, -0.2) is 0 Å². The maximum Gasteiger partial charge on any atom is 0.303 e. The maximum absolute atomic E-state index is 11.3. The molecule has 0 unspecified atom stereocenters. The third-order valence-electron chi connectivity index (χ3n) is 9.51. The van der Waals surface area contributed by atoms with Crippen LogP contribution in [0.15, 0.2) is 0 Å². The molecule has 160 valence electrons. The first-order valence-electron chi connectivity index (χ1n) is 13.2. The first kappa shape index (κ1) is 16.1. The summed E-state index contributed by atoms with van der Waals surface area (Å²) in [6.45, 7) is 6.48. The molecule has 0 radical (unpaired) electrons. The molecule has 4 aliphatic rings. The number of aliphatic hydroxyl groups excluding tert-OH is 2. The monoisotopic (exact) mass is 396 g/mol. The van der Waals surface area contributed by atoms with Gasteiger partial charge in [0.05, 0.1) is 12.2 Å². The first-order valence-corrected chi connectivity index (χ1v) is 11.2. The second-order valence-electron chi connectivity index (χ2n) is 10.7. The average Bonchev–Trinajstić information content (AvgIpc) is 3.03. The van der Waals surface area contributed by atoms with E-state index in [1.54, 1.807) is 0 Å². The van der Waals surface area contributed by atoms with Crippen LogP contribution in [0.3, 0.4) is 0 Å². The third-order valence-corrected chi connectivity index (χ3v) is 9.51. The summed E-state index contributed by atoms with van der Waals surface area (Å²) in [6, 6.07) is 0. The fourth-order valence-corrected chi connectivity index (χ4v) is 8.03. The number of hydrogen-bond acceptors (Lipinski definition) is 3. The highest BCUT2D eigenvalue weighted by atomic mass is 16.4. The molecule has 0 aromatic heterocycles. The summed E-state index contributed by atoms with van der Waals surface area (Å²) in [7, 11) is 0. The van der Waals surface area contributed by atoms with Gasteiger partial charge in [-0.05, 0) is 104 Å². The highest BCUT2D eigenvalue weighted by molar-refractivity contribution is 5.66. The number of fused-ring (bicyclic) bond motifs is 5. The Morgan fingerprint density at radius 2 is 1.86 bits per heavy atom. The van der Waals surface area contributed by atoms with Gasteiger partial charge >= 0.3 is 5.97 Å². The topological polar surface area (TPSA) is 77.8 Å². The second kappa shape index (κ2) is 7.27. The van der Waals surface area contributed by atoms with Crippen LogP contribution in [-0.4, -0.2) is 33.5 Å². The number of aliphatic carboxylic acids is 1. The molecule has 3 N–H and O–H groups in total. The Bertz CT molecular complexity index is 760. The van der Waals surface area contributed by atoms with Crippen molar-refractivity contribution in [3.8, 4) is 0 Å². The molecule has 0 aromatic rings. The Morgan fingerprint density at radius 3 is 2.57 bits per heavy atom. The maximum atomic E-state index is 11.3. The Hall–Kier alpha value is -0.610. The minimum atomic E-state index is -2.08. The smallest absolute Gasteiger partial charge is 0.303 e. The molecule has 28 heavy (non-hydrogen) atoms. The van der Waals surface area contributed by atoms with Crippen molar-refractivity contribution >= 4 is 5.97 Å². The molecule has 4 heteroatoms. The molecule has 0 spiro atoms. The fourth-order valence-electron chi connectivity index (χ4n) is 8.03. The van der Waals surface area contributed by atoms with E-state index in [0.717, 1.165) is 25.7 Å². The summed E-state index contributed by atoms with van der Waals surface area (Å²) in [4.78, 5) is 11.1. The lowest BCUT2D eigenvalue weighted by atomic mass is 9.43. The third kappa shape index (κ3) is 3.14. The lowest BCUT2D eigenvalue weighted by Gasteiger charge is -2.62. The van der Waals surface area contributed by atoms with Crippen LogP contribution in [0.1, 0.15) is 90.4 Å². The quantitative estimate of drug-likeness (QED) is 0.655. The van der Waals surface area contributed by atoms with Crippen LogP contribution in [0.2, 0.25) is 0 Å². The molecular weight excluding hydrogens is 352 g/mol. The van der Waals surface area contributed by atoms with Crippen molar-refractivity contribution in [1.29, 1.82) is 0 Å². The largest absolute Gasteiger partial charge is 0.481 e. The van der Waals surface area contributed by atoms with Gasteiger partial charge in [-0.3, -0.25) is 4.79 Å². The van der Waals surface area contributed by atoms with Crippen molar-refractivity contribution in [3.63, 3.8) is 0 Å².